The van der Waals surface area contributed by atoms with Crippen LogP contribution in [0.2, 0.25) is 0 Å². The Morgan fingerprint density at radius 3 is 2.33 bits per heavy atom. The zero-order valence-corrected chi connectivity index (χ0v) is 21.7. The Morgan fingerprint density at radius 1 is 1.09 bits per heavy atom. The van der Waals surface area contributed by atoms with Crippen LogP contribution in [0.1, 0.15) is 58.4 Å². The number of amides is 1. The highest BCUT2D eigenvalue weighted by Crippen LogP contribution is 2.26. The summed E-state index contributed by atoms with van der Waals surface area (Å²) >= 11 is 0. The Labute approximate surface area is 200 Å². The molecule has 2 fully saturated rings. The number of piperazine rings is 1. The molecule has 1 aromatic carbocycles. The Hall–Kier alpha value is -1.48. The number of benzene rings is 1. The fourth-order valence-electron chi connectivity index (χ4n) is 5.14. The Kier molecular flexibility index (Phi) is 9.33. The molecule has 3 rings (SSSR count). The lowest BCUT2D eigenvalue weighted by Crippen LogP contribution is -2.53. The summed E-state index contributed by atoms with van der Waals surface area (Å²) in [5, 5.41) is 2.95. The third kappa shape index (κ3) is 6.56. The van der Waals surface area contributed by atoms with Gasteiger partial charge in [-0.25, -0.2) is 8.42 Å². The van der Waals surface area contributed by atoms with Gasteiger partial charge in [-0.15, -0.1) is 0 Å². The van der Waals surface area contributed by atoms with Crippen LogP contribution in [0.3, 0.4) is 0 Å². The number of nitrogens with zero attached hydrogens (tertiary/aromatic N) is 3. The van der Waals surface area contributed by atoms with Crippen LogP contribution in [0, 0.1) is 12.8 Å². The molecule has 0 bridgehead atoms. The van der Waals surface area contributed by atoms with Crippen molar-refractivity contribution in [2.45, 2.75) is 70.7 Å². The molecule has 0 aromatic heterocycles. The second-order valence-electron chi connectivity index (χ2n) is 9.58. The van der Waals surface area contributed by atoms with E-state index in [0.717, 1.165) is 32.1 Å². The molecule has 186 valence electrons. The number of anilines is 1. The summed E-state index contributed by atoms with van der Waals surface area (Å²) in [5.74, 6) is 0.750. The summed E-state index contributed by atoms with van der Waals surface area (Å²) in [4.78, 5) is 18.0. The topological polar surface area (TPSA) is 73.0 Å². The second kappa shape index (κ2) is 11.8. The predicted molar refractivity (Wildman–Crippen MR) is 134 cm³/mol. The lowest BCUT2D eigenvalue weighted by Gasteiger charge is -2.39. The first-order valence-electron chi connectivity index (χ1n) is 12.6. The van der Waals surface area contributed by atoms with E-state index in [9.17, 15) is 13.2 Å². The van der Waals surface area contributed by atoms with Gasteiger partial charge in [-0.3, -0.25) is 9.69 Å². The highest BCUT2D eigenvalue weighted by molar-refractivity contribution is 7.89. The number of hydrogen-bond donors (Lipinski definition) is 1. The summed E-state index contributed by atoms with van der Waals surface area (Å²) in [6.07, 6.45) is 6.86. The number of rotatable bonds is 9. The standard InChI is InChI=1S/C25H42N4O3S/c1-5-29(6-2)33(31,32)24-18-23(13-12-20(24)3)26-25(30)21(4)28-16-14-27(15-17-28)19-22-10-8-7-9-11-22/h12-13,18,21-22H,5-11,14-17,19H2,1-4H3,(H,26,30). The number of nitrogens with one attached hydrogen (secondary N) is 1. The van der Waals surface area contributed by atoms with Gasteiger partial charge in [0, 0.05) is 51.5 Å². The minimum absolute atomic E-state index is 0.0919. The molecular weight excluding hydrogens is 436 g/mol. The van der Waals surface area contributed by atoms with Crippen LogP contribution in [0.5, 0.6) is 0 Å². The average molecular weight is 479 g/mol. The maximum Gasteiger partial charge on any atom is 0.243 e. The SMILES string of the molecule is CCN(CC)S(=O)(=O)c1cc(NC(=O)C(C)N2CCN(CC3CCCCC3)CC2)ccc1C. The minimum Gasteiger partial charge on any atom is -0.325 e. The molecule has 1 atom stereocenters. The third-order valence-corrected chi connectivity index (χ3v) is 9.55. The fraction of sp³-hybridized carbons (Fsp3) is 0.720. The first-order valence-corrected chi connectivity index (χ1v) is 14.1. The van der Waals surface area contributed by atoms with Gasteiger partial charge in [0.15, 0.2) is 0 Å². The number of sulfonamides is 1. The summed E-state index contributed by atoms with van der Waals surface area (Å²) in [5.41, 5.74) is 1.21. The van der Waals surface area contributed by atoms with E-state index in [1.54, 1.807) is 25.1 Å². The van der Waals surface area contributed by atoms with Crippen LogP contribution in [0.15, 0.2) is 23.1 Å². The van der Waals surface area contributed by atoms with E-state index in [2.05, 4.69) is 15.1 Å². The Morgan fingerprint density at radius 2 is 1.73 bits per heavy atom. The van der Waals surface area contributed by atoms with Gasteiger partial charge in [0.05, 0.1) is 10.9 Å². The first kappa shape index (κ1) is 26.1. The van der Waals surface area contributed by atoms with Crippen molar-refractivity contribution in [2.24, 2.45) is 5.92 Å². The Balaban J connectivity index is 1.58. The van der Waals surface area contributed by atoms with Crippen molar-refractivity contribution >= 4 is 21.6 Å². The van der Waals surface area contributed by atoms with E-state index < -0.39 is 10.0 Å². The number of hydrogen-bond acceptors (Lipinski definition) is 5. The summed E-state index contributed by atoms with van der Waals surface area (Å²) in [6.45, 7) is 13.2. The molecule has 0 spiro atoms. The molecule has 2 aliphatic rings. The molecule has 1 aliphatic heterocycles. The molecule has 1 amide bonds. The molecule has 7 nitrogen and oxygen atoms in total. The van der Waals surface area contributed by atoms with Gasteiger partial charge < -0.3 is 10.2 Å². The summed E-state index contributed by atoms with van der Waals surface area (Å²) in [6, 6.07) is 4.88. The zero-order valence-electron chi connectivity index (χ0n) is 20.8. The minimum atomic E-state index is -3.58. The van der Waals surface area contributed by atoms with Crippen molar-refractivity contribution in [2.75, 3.05) is 51.1 Å². The fourth-order valence-corrected chi connectivity index (χ4v) is 6.85. The molecule has 1 N–H and O–H groups in total. The van der Waals surface area contributed by atoms with Crippen LogP contribution in [-0.4, -0.2) is 80.3 Å². The normalized spacial score (nSPS) is 20.2. The first-order chi connectivity index (χ1) is 15.8. The molecule has 8 heteroatoms. The highest BCUT2D eigenvalue weighted by Gasteiger charge is 2.28. The molecule has 1 saturated carbocycles. The van der Waals surface area contributed by atoms with Crippen LogP contribution in [0.25, 0.3) is 0 Å². The van der Waals surface area contributed by atoms with Gasteiger partial charge in [0.1, 0.15) is 0 Å². The van der Waals surface area contributed by atoms with E-state index in [0.29, 0.717) is 24.3 Å². The highest BCUT2D eigenvalue weighted by atomic mass is 32.2. The van der Waals surface area contributed by atoms with E-state index in [1.807, 2.05) is 20.8 Å². The van der Waals surface area contributed by atoms with Gasteiger partial charge in [0.25, 0.3) is 0 Å². The van der Waals surface area contributed by atoms with Crippen molar-refractivity contribution < 1.29 is 13.2 Å². The molecular formula is C25H42N4O3S. The lowest BCUT2D eigenvalue weighted by molar-refractivity contribution is -0.121. The van der Waals surface area contributed by atoms with Gasteiger partial charge in [-0.05, 0) is 50.3 Å². The predicted octanol–water partition coefficient (Wildman–Crippen LogP) is 3.55. The smallest absolute Gasteiger partial charge is 0.243 e. The van der Waals surface area contributed by atoms with Crippen LogP contribution in [0.4, 0.5) is 5.69 Å². The lowest BCUT2D eigenvalue weighted by atomic mass is 9.89. The molecule has 1 aromatic rings. The van der Waals surface area contributed by atoms with Gasteiger partial charge >= 0.3 is 0 Å². The largest absolute Gasteiger partial charge is 0.325 e. The van der Waals surface area contributed by atoms with Crippen molar-refractivity contribution in [3.05, 3.63) is 23.8 Å². The van der Waals surface area contributed by atoms with E-state index in [-0.39, 0.29) is 16.8 Å². The van der Waals surface area contributed by atoms with Gasteiger partial charge in [0.2, 0.25) is 15.9 Å². The molecule has 0 radical (unpaired) electrons. The van der Waals surface area contributed by atoms with Crippen LogP contribution < -0.4 is 5.32 Å². The van der Waals surface area contributed by atoms with E-state index in [4.69, 9.17) is 0 Å². The van der Waals surface area contributed by atoms with E-state index >= 15 is 0 Å². The number of aryl methyl sites for hydroxylation is 1. The van der Waals surface area contributed by atoms with Crippen LogP contribution in [-0.2, 0) is 14.8 Å². The number of carbonyl (C=O) groups is 1. The van der Waals surface area contributed by atoms with Crippen molar-refractivity contribution in [3.8, 4) is 0 Å². The summed E-state index contributed by atoms with van der Waals surface area (Å²) in [7, 11) is -3.58. The molecule has 1 saturated heterocycles. The van der Waals surface area contributed by atoms with Crippen molar-refractivity contribution in [1.82, 2.24) is 14.1 Å². The molecule has 1 aliphatic carbocycles. The van der Waals surface area contributed by atoms with E-state index in [1.165, 1.54) is 43.0 Å². The maximum absolute atomic E-state index is 13.0. The van der Waals surface area contributed by atoms with Crippen LogP contribution >= 0.6 is 0 Å². The average Bonchev–Trinajstić information content (AvgIpc) is 2.81. The monoisotopic (exact) mass is 478 g/mol. The molecule has 1 unspecified atom stereocenters. The summed E-state index contributed by atoms with van der Waals surface area (Å²) < 4.78 is 27.5. The quantitative estimate of drug-likeness (QED) is 0.588. The molecule has 1 heterocycles. The Bertz CT molecular complexity index is 887. The molecule has 33 heavy (non-hydrogen) atoms. The van der Waals surface area contributed by atoms with Gasteiger partial charge in [-0.1, -0.05) is 39.2 Å². The third-order valence-electron chi connectivity index (χ3n) is 7.35. The maximum atomic E-state index is 13.0. The van der Waals surface area contributed by atoms with Gasteiger partial charge in [-0.2, -0.15) is 4.31 Å². The second-order valence-corrected chi connectivity index (χ2v) is 11.5. The van der Waals surface area contributed by atoms with Crippen molar-refractivity contribution in [3.63, 3.8) is 0 Å². The zero-order chi connectivity index (χ0) is 24.0. The van der Waals surface area contributed by atoms with Crippen molar-refractivity contribution in [1.29, 1.82) is 0 Å². The number of carbonyl (C=O) groups excluding carboxylic acids is 1.